The van der Waals surface area contributed by atoms with E-state index in [-0.39, 0.29) is 29.1 Å². The molecule has 1 aliphatic heterocycles. The number of carbonyl (C=O) groups excluding carboxylic acids is 3. The molecule has 1 saturated heterocycles. The average Bonchev–Trinajstić information content (AvgIpc) is 2.91. The van der Waals surface area contributed by atoms with E-state index in [1.807, 2.05) is 0 Å². The standard InChI is InChI=1S/C18H14FN3O4S/c19-14-4-2-1-3-13(14)11-15-17(24)22(18(25)27-15)10-7-20-16(23)12-5-8-21(26)9-6-12/h1-6,8-9,11H,7,10H2,(H,20,23)/b15-11+. The van der Waals surface area contributed by atoms with Crippen LogP contribution < -0.4 is 10.0 Å². The van der Waals surface area contributed by atoms with Gasteiger partial charge in [-0.2, -0.15) is 4.73 Å². The monoisotopic (exact) mass is 387 g/mol. The topological polar surface area (TPSA) is 93.4 Å². The summed E-state index contributed by atoms with van der Waals surface area (Å²) in [5, 5.41) is 13.1. The van der Waals surface area contributed by atoms with Gasteiger partial charge in [0.05, 0.1) is 10.5 Å². The minimum atomic E-state index is -0.533. The van der Waals surface area contributed by atoms with Crippen LogP contribution in [0.25, 0.3) is 6.08 Å². The molecule has 0 spiro atoms. The quantitative estimate of drug-likeness (QED) is 0.481. The minimum absolute atomic E-state index is 0.0145. The van der Waals surface area contributed by atoms with Crippen molar-refractivity contribution < 1.29 is 23.5 Å². The first kappa shape index (κ1) is 18.6. The molecule has 1 aromatic heterocycles. The SMILES string of the molecule is O=C(NCCN1C(=O)S/C(=C/c2ccccc2F)C1=O)c1cc[n+]([O-])cc1. The fourth-order valence-electron chi connectivity index (χ4n) is 2.37. The van der Waals surface area contributed by atoms with Crippen molar-refractivity contribution in [1.29, 1.82) is 0 Å². The number of hydrogen-bond donors (Lipinski definition) is 1. The van der Waals surface area contributed by atoms with Crippen LogP contribution in [0, 0.1) is 11.0 Å². The number of carbonyl (C=O) groups is 3. The van der Waals surface area contributed by atoms with E-state index in [0.717, 1.165) is 16.7 Å². The van der Waals surface area contributed by atoms with Gasteiger partial charge in [-0.15, -0.1) is 0 Å². The second kappa shape index (κ2) is 8.00. The van der Waals surface area contributed by atoms with Crippen molar-refractivity contribution in [3.05, 3.63) is 75.8 Å². The molecule has 3 rings (SSSR count). The molecule has 9 heteroatoms. The molecule has 1 aliphatic rings. The van der Waals surface area contributed by atoms with E-state index in [1.165, 1.54) is 48.8 Å². The van der Waals surface area contributed by atoms with Gasteiger partial charge in [-0.05, 0) is 23.9 Å². The Kier molecular flexibility index (Phi) is 5.51. The lowest BCUT2D eigenvalue weighted by molar-refractivity contribution is -0.605. The Hall–Kier alpha value is -3.20. The van der Waals surface area contributed by atoms with Crippen molar-refractivity contribution in [2.24, 2.45) is 0 Å². The van der Waals surface area contributed by atoms with Gasteiger partial charge in [0.15, 0.2) is 12.4 Å². The van der Waals surface area contributed by atoms with Crippen LogP contribution in [-0.4, -0.2) is 35.0 Å². The summed E-state index contributed by atoms with van der Waals surface area (Å²) in [5.74, 6) is -1.45. The zero-order chi connectivity index (χ0) is 19.4. The number of imide groups is 1. The van der Waals surface area contributed by atoms with Gasteiger partial charge in [-0.25, -0.2) is 4.39 Å². The van der Waals surface area contributed by atoms with Gasteiger partial charge in [0.1, 0.15) is 5.82 Å². The van der Waals surface area contributed by atoms with Crippen LogP contribution in [0.1, 0.15) is 15.9 Å². The largest absolute Gasteiger partial charge is 0.619 e. The van der Waals surface area contributed by atoms with Crippen molar-refractivity contribution in [3.8, 4) is 0 Å². The molecule has 138 valence electrons. The summed E-state index contributed by atoms with van der Waals surface area (Å²) in [6.45, 7) is 0.0372. The maximum Gasteiger partial charge on any atom is 0.293 e. The summed E-state index contributed by atoms with van der Waals surface area (Å²) in [6.07, 6.45) is 3.72. The normalized spacial score (nSPS) is 15.4. The number of amides is 3. The fraction of sp³-hybridized carbons (Fsp3) is 0.111. The Morgan fingerprint density at radius 1 is 1.22 bits per heavy atom. The molecule has 1 fully saturated rings. The summed E-state index contributed by atoms with van der Waals surface area (Å²) in [5.41, 5.74) is 0.506. The first-order valence-electron chi connectivity index (χ1n) is 7.92. The Bertz CT molecular complexity index is 930. The predicted octanol–water partition coefficient (Wildman–Crippen LogP) is 1.93. The lowest BCUT2D eigenvalue weighted by Crippen LogP contribution is -2.37. The van der Waals surface area contributed by atoms with Crippen LogP contribution in [0.4, 0.5) is 9.18 Å². The first-order valence-corrected chi connectivity index (χ1v) is 8.74. The molecule has 0 saturated carbocycles. The van der Waals surface area contributed by atoms with E-state index < -0.39 is 22.9 Å². The highest BCUT2D eigenvalue weighted by molar-refractivity contribution is 8.18. The van der Waals surface area contributed by atoms with E-state index >= 15 is 0 Å². The highest BCUT2D eigenvalue weighted by Crippen LogP contribution is 2.32. The number of nitrogens with one attached hydrogen (secondary N) is 1. The summed E-state index contributed by atoms with van der Waals surface area (Å²) >= 11 is 0.724. The third-order valence-electron chi connectivity index (χ3n) is 3.75. The molecule has 27 heavy (non-hydrogen) atoms. The van der Waals surface area contributed by atoms with Crippen LogP contribution in [0.5, 0.6) is 0 Å². The number of aromatic nitrogens is 1. The van der Waals surface area contributed by atoms with E-state index in [4.69, 9.17) is 0 Å². The van der Waals surface area contributed by atoms with Crippen LogP contribution in [0.3, 0.4) is 0 Å². The average molecular weight is 387 g/mol. The van der Waals surface area contributed by atoms with Crippen molar-refractivity contribution in [1.82, 2.24) is 10.2 Å². The summed E-state index contributed by atoms with van der Waals surface area (Å²) in [6, 6.07) is 8.66. The summed E-state index contributed by atoms with van der Waals surface area (Å²) in [4.78, 5) is 37.5. The second-order valence-corrected chi connectivity index (χ2v) is 6.55. The number of benzene rings is 1. The Morgan fingerprint density at radius 3 is 2.63 bits per heavy atom. The van der Waals surface area contributed by atoms with Gasteiger partial charge in [0.2, 0.25) is 0 Å². The molecule has 2 aromatic rings. The van der Waals surface area contributed by atoms with Gasteiger partial charge in [-0.1, -0.05) is 18.2 Å². The predicted molar refractivity (Wildman–Crippen MR) is 96.8 cm³/mol. The molecule has 3 amide bonds. The molecule has 0 unspecified atom stereocenters. The van der Waals surface area contributed by atoms with Gasteiger partial charge >= 0.3 is 0 Å². The molecule has 2 heterocycles. The molecule has 0 atom stereocenters. The molecular formula is C18H14FN3O4S. The van der Waals surface area contributed by atoms with E-state index in [2.05, 4.69) is 5.32 Å². The van der Waals surface area contributed by atoms with Gasteiger partial charge in [0.25, 0.3) is 17.1 Å². The fourth-order valence-corrected chi connectivity index (χ4v) is 3.23. The number of pyridine rings is 1. The number of thioether (sulfide) groups is 1. The van der Waals surface area contributed by atoms with Crippen molar-refractivity contribution >= 4 is 34.9 Å². The molecule has 0 radical (unpaired) electrons. The highest BCUT2D eigenvalue weighted by Gasteiger charge is 2.34. The molecule has 1 aromatic carbocycles. The number of rotatable bonds is 5. The van der Waals surface area contributed by atoms with Gasteiger partial charge in [0, 0.05) is 30.8 Å². The van der Waals surface area contributed by atoms with Crippen molar-refractivity contribution in [2.45, 2.75) is 0 Å². The smallest absolute Gasteiger partial charge is 0.293 e. The third-order valence-corrected chi connectivity index (χ3v) is 4.66. The maximum absolute atomic E-state index is 13.7. The highest BCUT2D eigenvalue weighted by atomic mass is 32.2. The molecular weight excluding hydrogens is 373 g/mol. The van der Waals surface area contributed by atoms with Crippen molar-refractivity contribution in [2.75, 3.05) is 13.1 Å². The Labute approximate surface area is 158 Å². The van der Waals surface area contributed by atoms with Gasteiger partial charge in [-0.3, -0.25) is 19.3 Å². The zero-order valence-electron chi connectivity index (χ0n) is 13.9. The lowest BCUT2D eigenvalue weighted by Gasteiger charge is -2.12. The van der Waals surface area contributed by atoms with E-state index in [1.54, 1.807) is 6.07 Å². The van der Waals surface area contributed by atoms with Crippen LogP contribution >= 0.6 is 11.8 Å². The van der Waals surface area contributed by atoms with Gasteiger partial charge < -0.3 is 10.5 Å². The van der Waals surface area contributed by atoms with Crippen LogP contribution in [0.2, 0.25) is 0 Å². The molecule has 7 nitrogen and oxygen atoms in total. The Balaban J connectivity index is 1.60. The Morgan fingerprint density at radius 2 is 1.93 bits per heavy atom. The molecule has 0 aliphatic carbocycles. The van der Waals surface area contributed by atoms with Crippen molar-refractivity contribution in [3.63, 3.8) is 0 Å². The van der Waals surface area contributed by atoms with Crippen LogP contribution in [-0.2, 0) is 4.79 Å². The lowest BCUT2D eigenvalue weighted by atomic mass is 10.2. The first-order chi connectivity index (χ1) is 13.0. The maximum atomic E-state index is 13.7. The third kappa shape index (κ3) is 4.32. The molecule has 1 N–H and O–H groups in total. The number of halogens is 1. The van der Waals surface area contributed by atoms with E-state index in [0.29, 0.717) is 4.73 Å². The van der Waals surface area contributed by atoms with E-state index in [9.17, 15) is 24.0 Å². The summed E-state index contributed by atoms with van der Waals surface area (Å²) in [7, 11) is 0. The second-order valence-electron chi connectivity index (χ2n) is 5.56. The molecule has 0 bridgehead atoms. The minimum Gasteiger partial charge on any atom is -0.619 e. The number of nitrogens with zero attached hydrogens (tertiary/aromatic N) is 2. The van der Waals surface area contributed by atoms with Crippen LogP contribution in [0.15, 0.2) is 53.7 Å². The summed E-state index contributed by atoms with van der Waals surface area (Å²) < 4.78 is 14.3. The number of hydrogen-bond acceptors (Lipinski definition) is 5. The zero-order valence-corrected chi connectivity index (χ0v) is 14.7.